The van der Waals surface area contributed by atoms with Crippen molar-refractivity contribution >= 4 is 80.1 Å². The summed E-state index contributed by atoms with van der Waals surface area (Å²) in [5.41, 5.74) is 4.63. The van der Waals surface area contributed by atoms with E-state index >= 15 is 0 Å². The minimum absolute atomic E-state index is 0.274. The van der Waals surface area contributed by atoms with Crippen molar-refractivity contribution in [1.82, 2.24) is 0 Å². The van der Waals surface area contributed by atoms with Gasteiger partial charge >= 0.3 is 35.8 Å². The predicted molar refractivity (Wildman–Crippen MR) is 304 cm³/mol. The first-order chi connectivity index (χ1) is 38.8. The van der Waals surface area contributed by atoms with Gasteiger partial charge in [0.2, 0.25) is 0 Å². The number of carbonyl (C=O) groups is 6. The minimum atomic E-state index is -4.03. The van der Waals surface area contributed by atoms with Gasteiger partial charge < -0.3 is 37.9 Å². The molecule has 10 atom stereocenters. The second kappa shape index (κ2) is 27.5. The monoisotopic (exact) mass is 1200 g/mol. The van der Waals surface area contributed by atoms with Gasteiger partial charge in [0.05, 0.1) is 0 Å². The van der Waals surface area contributed by atoms with Crippen molar-refractivity contribution in [2.24, 2.45) is 0 Å². The number of esters is 6. The molecule has 22 heteroatoms. The average Bonchev–Trinajstić information content (AvgIpc) is 4.16. The lowest BCUT2D eigenvalue weighted by Crippen LogP contribution is -2.60. The van der Waals surface area contributed by atoms with Gasteiger partial charge in [-0.15, -0.1) is 34.4 Å². The number of hydrogen-bond acceptors (Lipinski definition) is 19. The van der Waals surface area contributed by atoms with Gasteiger partial charge in [-0.2, -0.15) is 0 Å². The smallest absolute Gasteiger partial charge is 0.303 e. The SMILES string of the molecule is CC(=O)O[C@@H]1[C@@H](OC(C)=O)[C@H](c2ccc(C)c(Cc3ccc(-c4ccc(F)cc4)s3)c2)O[C@H](S(C)(=O)=O)[C@H]1OC(C)=O.CS[C@H]1O[C@@H](c2ccc(C)c(Cc3ccc(-c4ccc(F)cc4)s3)c2)[C@H](OC(C)=O)[C@@H](OC(C)=O)[C@@H]1OC(C)=O. The molecule has 16 nitrogen and oxygen atoms in total. The fraction of sp³-hybridized carbons (Fsp3) is 0.367. The highest BCUT2D eigenvalue weighted by Crippen LogP contribution is 2.43. The summed E-state index contributed by atoms with van der Waals surface area (Å²) < 4.78 is 97.8. The Hall–Kier alpha value is -6.82. The number of ether oxygens (including phenoxy) is 8. The molecular weight excluding hydrogens is 1140 g/mol. The molecule has 8 rings (SSSR count). The molecule has 2 aromatic heterocycles. The molecule has 6 aromatic rings. The molecule has 0 N–H and O–H groups in total. The van der Waals surface area contributed by atoms with E-state index in [1.165, 1.54) is 56.8 Å². The van der Waals surface area contributed by atoms with Gasteiger partial charge in [0.1, 0.15) is 29.3 Å². The predicted octanol–water partition coefficient (Wildman–Crippen LogP) is 10.7. The maximum Gasteiger partial charge on any atom is 0.303 e. The standard InChI is InChI=1S/C30H31FO9S2.C30H31FO7S2/c1-16-6-7-21(14-22(16)15-24-12-13-25(41-24)20-8-10-23(31)11-9-20)26-27(37-17(2)32)28(38-18(3)33)29(39-19(4)34)30(40-26)42(5,35)36;1-16-6-7-21(14-22(16)15-24-12-13-25(40-24)20-8-10-23(31)11-9-20)26-27(35-17(2)32)28(36-18(3)33)29(37-19(4)34)30(38-26)39-5/h6-14,26-30H,15H2,1-5H3;6-14,26-30H,15H2,1-5H3/t2*26-,27-,28+,29-,30+/m00/s1. The van der Waals surface area contributed by atoms with Crippen molar-refractivity contribution in [3.8, 4) is 20.9 Å². The van der Waals surface area contributed by atoms with Crippen LogP contribution in [0.25, 0.3) is 20.9 Å². The minimum Gasteiger partial charge on any atom is -0.455 e. The highest BCUT2D eigenvalue weighted by molar-refractivity contribution is 7.99. The summed E-state index contributed by atoms with van der Waals surface area (Å²) in [4.78, 5) is 76.4. The topological polar surface area (TPSA) is 210 Å². The zero-order valence-corrected chi connectivity index (χ0v) is 49.8. The summed E-state index contributed by atoms with van der Waals surface area (Å²) in [6.45, 7) is 11.1. The lowest BCUT2D eigenvalue weighted by molar-refractivity contribution is -0.234. The maximum atomic E-state index is 13.4. The molecule has 2 aliphatic heterocycles. The number of thiophene rings is 2. The van der Waals surface area contributed by atoms with E-state index in [9.17, 15) is 46.0 Å². The molecule has 0 aliphatic carbocycles. The number of sulfone groups is 1. The van der Waals surface area contributed by atoms with E-state index in [2.05, 4.69) is 6.07 Å². The van der Waals surface area contributed by atoms with Crippen molar-refractivity contribution in [3.63, 3.8) is 0 Å². The summed E-state index contributed by atoms with van der Waals surface area (Å²) in [5.74, 6) is -4.69. The summed E-state index contributed by atoms with van der Waals surface area (Å²) in [6, 6.07) is 31.9. The molecule has 0 spiro atoms. The number of benzene rings is 4. The van der Waals surface area contributed by atoms with Gasteiger partial charge in [-0.25, -0.2) is 17.2 Å². The molecule has 82 heavy (non-hydrogen) atoms. The van der Waals surface area contributed by atoms with E-state index in [1.54, 1.807) is 59.3 Å². The molecule has 4 heterocycles. The Morgan fingerprint density at radius 1 is 0.488 bits per heavy atom. The van der Waals surface area contributed by atoms with Crippen LogP contribution in [0.2, 0.25) is 0 Å². The highest BCUT2D eigenvalue weighted by atomic mass is 32.2. The molecule has 0 amide bonds. The second-order valence-corrected chi connectivity index (χ2v) is 25.0. The van der Waals surface area contributed by atoms with Gasteiger partial charge in [-0.3, -0.25) is 28.8 Å². The van der Waals surface area contributed by atoms with Crippen LogP contribution in [-0.4, -0.2) is 104 Å². The number of hydrogen-bond donors (Lipinski definition) is 0. The van der Waals surface area contributed by atoms with E-state index in [0.29, 0.717) is 18.4 Å². The van der Waals surface area contributed by atoms with Crippen molar-refractivity contribution in [1.29, 1.82) is 0 Å². The van der Waals surface area contributed by atoms with E-state index in [-0.39, 0.29) is 11.6 Å². The van der Waals surface area contributed by atoms with Crippen molar-refractivity contribution in [3.05, 3.63) is 164 Å². The fourth-order valence-corrected chi connectivity index (χ4v) is 13.4. The van der Waals surface area contributed by atoms with Crippen LogP contribution in [0, 0.1) is 25.5 Å². The first kappa shape index (κ1) is 62.8. The lowest BCUT2D eigenvalue weighted by Gasteiger charge is -2.44. The van der Waals surface area contributed by atoms with Crippen molar-refractivity contribution < 1.29 is 83.9 Å². The Labute approximate surface area is 486 Å². The van der Waals surface area contributed by atoms with Gasteiger partial charge in [0.25, 0.3) is 0 Å². The average molecular weight is 1210 g/mol. The molecule has 2 fully saturated rings. The number of aryl methyl sites for hydroxylation is 2. The Morgan fingerprint density at radius 2 is 0.841 bits per heavy atom. The molecule has 436 valence electrons. The molecule has 0 bridgehead atoms. The van der Waals surface area contributed by atoms with E-state index < -0.39 is 105 Å². The summed E-state index contributed by atoms with van der Waals surface area (Å²) >= 11 is 4.49. The van der Waals surface area contributed by atoms with E-state index in [1.807, 2.05) is 62.4 Å². The van der Waals surface area contributed by atoms with Crippen LogP contribution in [0.15, 0.2) is 109 Å². The highest BCUT2D eigenvalue weighted by Gasteiger charge is 2.56. The van der Waals surface area contributed by atoms with Crippen LogP contribution >= 0.6 is 34.4 Å². The maximum absolute atomic E-state index is 13.4. The first-order valence-electron chi connectivity index (χ1n) is 25.7. The molecule has 2 saturated heterocycles. The quantitative estimate of drug-likeness (QED) is 0.0651. The zero-order chi connectivity index (χ0) is 59.7. The third-order valence-electron chi connectivity index (χ3n) is 13.2. The third kappa shape index (κ3) is 16.2. The third-order valence-corrected chi connectivity index (χ3v) is 17.5. The van der Waals surface area contributed by atoms with E-state index in [0.717, 1.165) is 85.5 Å². The lowest BCUT2D eigenvalue weighted by atomic mass is 9.91. The van der Waals surface area contributed by atoms with Crippen molar-refractivity contribution in [2.45, 2.75) is 128 Å². The number of rotatable bonds is 16. The van der Waals surface area contributed by atoms with Crippen LogP contribution in [0.4, 0.5) is 8.78 Å². The Morgan fingerprint density at radius 3 is 1.22 bits per heavy atom. The zero-order valence-electron chi connectivity index (χ0n) is 46.5. The summed E-state index contributed by atoms with van der Waals surface area (Å²) in [6.07, 6.45) is -5.54. The number of carbonyl (C=O) groups excluding carboxylic acids is 6. The van der Waals surface area contributed by atoms with Crippen LogP contribution in [0.3, 0.4) is 0 Å². The first-order valence-corrected chi connectivity index (χ1v) is 30.6. The Balaban J connectivity index is 0.000000236. The Kier molecular flexibility index (Phi) is 21.1. The van der Waals surface area contributed by atoms with Gasteiger partial charge in [0, 0.05) is 80.1 Å². The van der Waals surface area contributed by atoms with E-state index in [4.69, 9.17) is 37.9 Å². The van der Waals surface area contributed by atoms with Crippen molar-refractivity contribution in [2.75, 3.05) is 12.5 Å². The number of thioether (sulfide) groups is 1. The largest absolute Gasteiger partial charge is 0.455 e. The van der Waals surface area contributed by atoms with Crippen LogP contribution in [0.5, 0.6) is 0 Å². The fourth-order valence-electron chi connectivity index (χ4n) is 9.60. The molecule has 4 aromatic carbocycles. The summed E-state index contributed by atoms with van der Waals surface area (Å²) in [5, 5.41) is 0. The molecule has 2 aliphatic rings. The normalized spacial score (nSPS) is 22.3. The second-order valence-electron chi connectivity index (χ2n) is 19.6. The summed E-state index contributed by atoms with van der Waals surface area (Å²) in [7, 11) is -4.03. The number of halogens is 2. The Bertz CT molecular complexity index is 3400. The van der Waals surface area contributed by atoms with Crippen LogP contribution < -0.4 is 0 Å². The molecule has 0 radical (unpaired) electrons. The molecule has 0 unspecified atom stereocenters. The van der Waals surface area contributed by atoms with Gasteiger partial charge in [0.15, 0.2) is 51.9 Å². The van der Waals surface area contributed by atoms with Crippen LogP contribution in [0.1, 0.15) is 96.9 Å². The molecule has 0 saturated carbocycles. The molecular formula is C60H62F2O16S4. The van der Waals surface area contributed by atoms with Gasteiger partial charge in [-0.05, 0) is 113 Å². The van der Waals surface area contributed by atoms with Crippen LogP contribution in [-0.2, 0) is 89.3 Å². The van der Waals surface area contributed by atoms with Gasteiger partial charge in [-0.1, -0.05) is 60.7 Å².